The molecule has 0 aromatic carbocycles. The van der Waals surface area contributed by atoms with Crippen molar-refractivity contribution in [2.45, 2.75) is 58.0 Å². The SMILES string of the molecule is COCC(O)CCCC(=O)NCC1CCC(C)CC1. The lowest BCUT2D eigenvalue weighted by Crippen LogP contribution is -2.31. The molecule has 112 valence electrons. The van der Waals surface area contributed by atoms with Crippen LogP contribution in [0.4, 0.5) is 0 Å². The largest absolute Gasteiger partial charge is 0.391 e. The van der Waals surface area contributed by atoms with Crippen LogP contribution in [0, 0.1) is 11.8 Å². The van der Waals surface area contributed by atoms with Crippen molar-refractivity contribution in [1.29, 1.82) is 0 Å². The van der Waals surface area contributed by atoms with Crippen molar-refractivity contribution < 1.29 is 14.6 Å². The fourth-order valence-electron chi connectivity index (χ4n) is 2.65. The van der Waals surface area contributed by atoms with Crippen LogP contribution in [0.1, 0.15) is 51.9 Å². The number of carbonyl (C=O) groups is 1. The van der Waals surface area contributed by atoms with Crippen LogP contribution in [0.15, 0.2) is 0 Å². The Morgan fingerprint density at radius 3 is 2.68 bits per heavy atom. The third kappa shape index (κ3) is 7.53. The number of carbonyl (C=O) groups excluding carboxylic acids is 1. The number of aliphatic hydroxyl groups excluding tert-OH is 1. The van der Waals surface area contributed by atoms with E-state index in [1.807, 2.05) is 0 Å². The first kappa shape index (κ1) is 16.4. The molecule has 1 fully saturated rings. The third-order valence-electron chi connectivity index (χ3n) is 4.02. The topological polar surface area (TPSA) is 58.6 Å². The average molecular weight is 271 g/mol. The fourth-order valence-corrected chi connectivity index (χ4v) is 2.65. The van der Waals surface area contributed by atoms with Crippen LogP contribution in [0.5, 0.6) is 0 Å². The van der Waals surface area contributed by atoms with Gasteiger partial charge in [-0.05, 0) is 37.5 Å². The smallest absolute Gasteiger partial charge is 0.220 e. The van der Waals surface area contributed by atoms with E-state index in [1.54, 1.807) is 7.11 Å². The molecule has 1 aliphatic carbocycles. The predicted molar refractivity (Wildman–Crippen MR) is 75.9 cm³/mol. The van der Waals surface area contributed by atoms with E-state index in [1.165, 1.54) is 25.7 Å². The molecule has 4 heteroatoms. The Hall–Kier alpha value is -0.610. The number of aliphatic hydroxyl groups is 1. The number of nitrogens with one attached hydrogen (secondary N) is 1. The van der Waals surface area contributed by atoms with Gasteiger partial charge in [0.25, 0.3) is 0 Å². The fraction of sp³-hybridized carbons (Fsp3) is 0.933. The van der Waals surface area contributed by atoms with Gasteiger partial charge in [-0.15, -0.1) is 0 Å². The second kappa shape index (κ2) is 9.32. The highest BCUT2D eigenvalue weighted by Crippen LogP contribution is 2.27. The normalized spacial score (nSPS) is 25.0. The van der Waals surface area contributed by atoms with Crippen LogP contribution in [0.25, 0.3) is 0 Å². The molecule has 0 radical (unpaired) electrons. The van der Waals surface area contributed by atoms with Crippen LogP contribution in [-0.4, -0.2) is 37.4 Å². The summed E-state index contributed by atoms with van der Waals surface area (Å²) < 4.78 is 4.85. The molecule has 1 amide bonds. The second-order valence-electron chi connectivity index (χ2n) is 5.93. The van der Waals surface area contributed by atoms with E-state index in [4.69, 9.17) is 4.74 Å². The predicted octanol–water partition coefficient (Wildman–Crippen LogP) is 2.11. The van der Waals surface area contributed by atoms with Gasteiger partial charge < -0.3 is 15.2 Å². The highest BCUT2D eigenvalue weighted by atomic mass is 16.5. The van der Waals surface area contributed by atoms with Crippen molar-refractivity contribution in [3.63, 3.8) is 0 Å². The first-order valence-electron chi connectivity index (χ1n) is 7.55. The quantitative estimate of drug-likeness (QED) is 0.711. The van der Waals surface area contributed by atoms with Crippen molar-refractivity contribution in [1.82, 2.24) is 5.32 Å². The molecule has 0 aromatic rings. The maximum Gasteiger partial charge on any atom is 0.220 e. The minimum absolute atomic E-state index is 0.114. The molecule has 0 aromatic heterocycles. The standard InChI is InChI=1S/C15H29NO3/c1-12-6-8-13(9-7-12)10-16-15(18)5-3-4-14(17)11-19-2/h12-14,17H,3-11H2,1-2H3,(H,16,18). The molecule has 1 saturated carbocycles. The Kier molecular flexibility index (Phi) is 8.07. The van der Waals surface area contributed by atoms with Crippen LogP contribution >= 0.6 is 0 Å². The first-order valence-corrected chi connectivity index (χ1v) is 7.55. The van der Waals surface area contributed by atoms with Gasteiger partial charge in [-0.2, -0.15) is 0 Å². The zero-order valence-electron chi connectivity index (χ0n) is 12.4. The van der Waals surface area contributed by atoms with Crippen LogP contribution in [0.2, 0.25) is 0 Å². The summed E-state index contributed by atoms with van der Waals surface area (Å²) >= 11 is 0. The van der Waals surface area contributed by atoms with Gasteiger partial charge in [-0.3, -0.25) is 4.79 Å². The van der Waals surface area contributed by atoms with Crippen molar-refractivity contribution in [3.8, 4) is 0 Å². The van der Waals surface area contributed by atoms with E-state index < -0.39 is 6.10 Å². The summed E-state index contributed by atoms with van der Waals surface area (Å²) in [6, 6.07) is 0. The monoisotopic (exact) mass is 271 g/mol. The number of amides is 1. The molecule has 0 heterocycles. The van der Waals surface area contributed by atoms with Crippen molar-refractivity contribution >= 4 is 5.91 Å². The van der Waals surface area contributed by atoms with E-state index in [2.05, 4.69) is 12.2 Å². The van der Waals surface area contributed by atoms with Gasteiger partial charge in [0, 0.05) is 20.1 Å². The Bertz CT molecular complexity index is 250. The van der Waals surface area contributed by atoms with Gasteiger partial charge in [0.2, 0.25) is 5.91 Å². The van der Waals surface area contributed by atoms with Crippen molar-refractivity contribution in [2.75, 3.05) is 20.3 Å². The molecule has 1 rings (SSSR count). The van der Waals surface area contributed by atoms with Crippen LogP contribution < -0.4 is 5.32 Å². The molecule has 2 N–H and O–H groups in total. The summed E-state index contributed by atoms with van der Waals surface area (Å²) in [6.45, 7) is 3.48. The number of hydrogen-bond acceptors (Lipinski definition) is 3. The minimum Gasteiger partial charge on any atom is -0.391 e. The average Bonchev–Trinajstić information content (AvgIpc) is 2.38. The highest BCUT2D eigenvalue weighted by molar-refractivity contribution is 5.75. The molecule has 1 atom stereocenters. The van der Waals surface area contributed by atoms with Crippen LogP contribution in [-0.2, 0) is 9.53 Å². The van der Waals surface area contributed by atoms with Gasteiger partial charge in [0.1, 0.15) is 0 Å². The maximum absolute atomic E-state index is 11.7. The van der Waals surface area contributed by atoms with Gasteiger partial charge in [-0.1, -0.05) is 19.8 Å². The first-order chi connectivity index (χ1) is 9.11. The number of ether oxygens (including phenoxy) is 1. The summed E-state index contributed by atoms with van der Waals surface area (Å²) in [5.41, 5.74) is 0. The van der Waals surface area contributed by atoms with E-state index in [0.29, 0.717) is 25.4 Å². The zero-order valence-corrected chi connectivity index (χ0v) is 12.4. The van der Waals surface area contributed by atoms with Crippen LogP contribution in [0.3, 0.4) is 0 Å². The van der Waals surface area contributed by atoms with Crippen molar-refractivity contribution in [3.05, 3.63) is 0 Å². The summed E-state index contributed by atoms with van der Waals surface area (Å²) in [5, 5.41) is 12.5. The summed E-state index contributed by atoms with van der Waals surface area (Å²) in [5.74, 6) is 1.64. The van der Waals surface area contributed by atoms with Gasteiger partial charge in [0.05, 0.1) is 12.7 Å². The molecule has 19 heavy (non-hydrogen) atoms. The molecule has 1 unspecified atom stereocenters. The molecule has 0 spiro atoms. The molecular formula is C15H29NO3. The number of rotatable bonds is 8. The van der Waals surface area contributed by atoms with E-state index in [-0.39, 0.29) is 5.91 Å². The lowest BCUT2D eigenvalue weighted by molar-refractivity contribution is -0.121. The van der Waals surface area contributed by atoms with Gasteiger partial charge in [-0.25, -0.2) is 0 Å². The summed E-state index contributed by atoms with van der Waals surface area (Å²) in [4.78, 5) is 11.7. The number of methoxy groups -OCH3 is 1. The summed E-state index contributed by atoms with van der Waals surface area (Å²) in [6.07, 6.45) is 6.48. The van der Waals surface area contributed by atoms with E-state index >= 15 is 0 Å². The molecule has 1 aliphatic rings. The second-order valence-corrected chi connectivity index (χ2v) is 5.93. The maximum atomic E-state index is 11.7. The Morgan fingerprint density at radius 2 is 2.05 bits per heavy atom. The van der Waals surface area contributed by atoms with Gasteiger partial charge in [0.15, 0.2) is 0 Å². The number of hydrogen-bond donors (Lipinski definition) is 2. The lowest BCUT2D eigenvalue weighted by atomic mass is 9.83. The third-order valence-corrected chi connectivity index (χ3v) is 4.02. The van der Waals surface area contributed by atoms with Gasteiger partial charge >= 0.3 is 0 Å². The molecule has 0 bridgehead atoms. The molecular weight excluding hydrogens is 242 g/mol. The Morgan fingerprint density at radius 1 is 1.37 bits per heavy atom. The lowest BCUT2D eigenvalue weighted by Gasteiger charge is -2.26. The Balaban J connectivity index is 2.01. The van der Waals surface area contributed by atoms with Crippen molar-refractivity contribution in [2.24, 2.45) is 11.8 Å². The van der Waals surface area contributed by atoms with E-state index in [0.717, 1.165) is 18.9 Å². The highest BCUT2D eigenvalue weighted by Gasteiger charge is 2.18. The minimum atomic E-state index is -0.447. The zero-order chi connectivity index (χ0) is 14.1. The molecule has 4 nitrogen and oxygen atoms in total. The van der Waals surface area contributed by atoms with E-state index in [9.17, 15) is 9.90 Å². The molecule has 0 saturated heterocycles. The summed E-state index contributed by atoms with van der Waals surface area (Å²) in [7, 11) is 1.57. The Labute approximate surface area is 116 Å². The molecule has 0 aliphatic heterocycles.